The second-order valence-corrected chi connectivity index (χ2v) is 6.10. The molecular formula is C19H28N4O2. The SMILES string of the molecule is CCOc1ccc(C)cc1C(C)NC(=O)/C(C#N)=C\NCCN(C)C. The summed E-state index contributed by atoms with van der Waals surface area (Å²) in [6.07, 6.45) is 1.46. The average molecular weight is 344 g/mol. The van der Waals surface area contributed by atoms with Crippen LogP contribution in [-0.2, 0) is 4.79 Å². The van der Waals surface area contributed by atoms with Gasteiger partial charge in [-0.1, -0.05) is 17.7 Å². The van der Waals surface area contributed by atoms with E-state index in [0.717, 1.165) is 23.4 Å². The molecule has 1 unspecified atom stereocenters. The van der Waals surface area contributed by atoms with Gasteiger partial charge in [-0.2, -0.15) is 5.26 Å². The summed E-state index contributed by atoms with van der Waals surface area (Å²) in [6.45, 7) is 7.81. The Balaban J connectivity index is 2.79. The minimum absolute atomic E-state index is 0.0521. The van der Waals surface area contributed by atoms with E-state index in [1.165, 1.54) is 6.20 Å². The van der Waals surface area contributed by atoms with E-state index in [9.17, 15) is 10.1 Å². The number of likely N-dealkylation sites (N-methyl/N-ethyl adjacent to an activating group) is 1. The number of nitriles is 1. The Labute approximate surface area is 150 Å². The number of benzene rings is 1. The van der Waals surface area contributed by atoms with E-state index in [2.05, 4.69) is 10.6 Å². The Hall–Kier alpha value is -2.52. The minimum Gasteiger partial charge on any atom is -0.494 e. The maximum Gasteiger partial charge on any atom is 0.263 e. The number of carbonyl (C=O) groups is 1. The summed E-state index contributed by atoms with van der Waals surface area (Å²) < 4.78 is 5.64. The molecule has 25 heavy (non-hydrogen) atoms. The highest BCUT2D eigenvalue weighted by atomic mass is 16.5. The first-order chi connectivity index (χ1) is 11.9. The van der Waals surface area contributed by atoms with Gasteiger partial charge < -0.3 is 20.3 Å². The van der Waals surface area contributed by atoms with Crippen LogP contribution >= 0.6 is 0 Å². The molecular weight excluding hydrogens is 316 g/mol. The van der Waals surface area contributed by atoms with E-state index in [1.807, 2.05) is 64.0 Å². The molecule has 1 aromatic rings. The van der Waals surface area contributed by atoms with E-state index in [-0.39, 0.29) is 11.6 Å². The first-order valence-corrected chi connectivity index (χ1v) is 8.41. The van der Waals surface area contributed by atoms with Gasteiger partial charge in [0.05, 0.1) is 12.6 Å². The number of nitrogens with one attached hydrogen (secondary N) is 2. The molecule has 1 aromatic carbocycles. The lowest BCUT2D eigenvalue weighted by molar-refractivity contribution is -0.117. The Morgan fingerprint density at radius 3 is 2.76 bits per heavy atom. The van der Waals surface area contributed by atoms with Crippen molar-refractivity contribution in [1.29, 1.82) is 5.26 Å². The lowest BCUT2D eigenvalue weighted by atomic mass is 10.0. The molecule has 0 spiro atoms. The predicted molar refractivity (Wildman–Crippen MR) is 99.2 cm³/mol. The van der Waals surface area contributed by atoms with Gasteiger partial charge in [-0.25, -0.2) is 0 Å². The van der Waals surface area contributed by atoms with Crippen LogP contribution in [0.15, 0.2) is 30.0 Å². The van der Waals surface area contributed by atoms with Crippen molar-refractivity contribution in [3.05, 3.63) is 41.1 Å². The summed E-state index contributed by atoms with van der Waals surface area (Å²) in [7, 11) is 3.92. The van der Waals surface area contributed by atoms with Crippen LogP contribution in [0.3, 0.4) is 0 Å². The van der Waals surface area contributed by atoms with Crippen molar-refractivity contribution in [2.75, 3.05) is 33.8 Å². The monoisotopic (exact) mass is 344 g/mol. The normalized spacial score (nSPS) is 12.4. The van der Waals surface area contributed by atoms with E-state index in [4.69, 9.17) is 4.74 Å². The topological polar surface area (TPSA) is 77.4 Å². The van der Waals surface area contributed by atoms with Crippen molar-refractivity contribution in [1.82, 2.24) is 15.5 Å². The first-order valence-electron chi connectivity index (χ1n) is 8.41. The maximum absolute atomic E-state index is 12.3. The molecule has 2 N–H and O–H groups in total. The van der Waals surface area contributed by atoms with Gasteiger partial charge in [0.2, 0.25) is 0 Å². The molecule has 1 amide bonds. The number of hydrogen-bond donors (Lipinski definition) is 2. The number of ether oxygens (including phenoxy) is 1. The smallest absolute Gasteiger partial charge is 0.263 e. The van der Waals surface area contributed by atoms with Crippen LogP contribution < -0.4 is 15.4 Å². The van der Waals surface area contributed by atoms with E-state index < -0.39 is 5.91 Å². The third-order valence-electron chi connectivity index (χ3n) is 3.59. The molecule has 0 fully saturated rings. The van der Waals surface area contributed by atoms with Crippen molar-refractivity contribution in [2.24, 2.45) is 0 Å². The molecule has 6 heteroatoms. The van der Waals surface area contributed by atoms with Crippen LogP contribution in [0.2, 0.25) is 0 Å². The average Bonchev–Trinajstić information content (AvgIpc) is 2.56. The van der Waals surface area contributed by atoms with Crippen molar-refractivity contribution >= 4 is 5.91 Å². The van der Waals surface area contributed by atoms with Crippen LogP contribution in [0.5, 0.6) is 5.75 Å². The van der Waals surface area contributed by atoms with Gasteiger partial charge in [-0.3, -0.25) is 4.79 Å². The molecule has 6 nitrogen and oxygen atoms in total. The van der Waals surface area contributed by atoms with E-state index in [1.54, 1.807) is 0 Å². The lowest BCUT2D eigenvalue weighted by Crippen LogP contribution is -2.29. The van der Waals surface area contributed by atoms with E-state index >= 15 is 0 Å². The maximum atomic E-state index is 12.3. The minimum atomic E-state index is -0.406. The van der Waals surface area contributed by atoms with Crippen molar-refractivity contribution < 1.29 is 9.53 Å². The number of carbonyl (C=O) groups excluding carboxylic acids is 1. The Bertz CT molecular complexity index is 647. The summed E-state index contributed by atoms with van der Waals surface area (Å²) >= 11 is 0. The summed E-state index contributed by atoms with van der Waals surface area (Å²) in [5.74, 6) is 0.337. The van der Waals surface area contributed by atoms with Crippen LogP contribution in [0, 0.1) is 18.3 Å². The van der Waals surface area contributed by atoms with Crippen LogP contribution in [0.4, 0.5) is 0 Å². The highest BCUT2D eigenvalue weighted by Gasteiger charge is 2.17. The third kappa shape index (κ3) is 6.86. The zero-order valence-electron chi connectivity index (χ0n) is 15.7. The molecule has 0 saturated heterocycles. The molecule has 1 atom stereocenters. The van der Waals surface area contributed by atoms with Crippen molar-refractivity contribution in [3.8, 4) is 11.8 Å². The predicted octanol–water partition coefficient (Wildman–Crippen LogP) is 2.13. The van der Waals surface area contributed by atoms with Gasteiger partial charge in [0.1, 0.15) is 17.4 Å². The molecule has 1 rings (SSSR count). The highest BCUT2D eigenvalue weighted by molar-refractivity contribution is 5.97. The zero-order valence-corrected chi connectivity index (χ0v) is 15.7. The van der Waals surface area contributed by atoms with Crippen LogP contribution in [0.25, 0.3) is 0 Å². The highest BCUT2D eigenvalue weighted by Crippen LogP contribution is 2.26. The van der Waals surface area contributed by atoms with Crippen LogP contribution in [-0.4, -0.2) is 44.6 Å². The quantitative estimate of drug-likeness (QED) is 0.408. The summed E-state index contributed by atoms with van der Waals surface area (Å²) in [5, 5.41) is 15.1. The van der Waals surface area contributed by atoms with Crippen LogP contribution in [0.1, 0.15) is 31.0 Å². The van der Waals surface area contributed by atoms with E-state index in [0.29, 0.717) is 13.2 Å². The molecule has 136 valence electrons. The largest absolute Gasteiger partial charge is 0.494 e. The Morgan fingerprint density at radius 2 is 2.16 bits per heavy atom. The fourth-order valence-electron chi connectivity index (χ4n) is 2.26. The van der Waals surface area contributed by atoms with Crippen molar-refractivity contribution in [2.45, 2.75) is 26.8 Å². The second-order valence-electron chi connectivity index (χ2n) is 6.10. The zero-order chi connectivity index (χ0) is 18.8. The molecule has 0 aliphatic heterocycles. The Morgan fingerprint density at radius 1 is 1.44 bits per heavy atom. The molecule has 0 aromatic heterocycles. The molecule has 0 saturated carbocycles. The third-order valence-corrected chi connectivity index (χ3v) is 3.59. The number of nitrogens with zero attached hydrogens (tertiary/aromatic N) is 2. The number of amides is 1. The molecule has 0 bridgehead atoms. The Kier molecular flexibility index (Phi) is 8.51. The van der Waals surface area contributed by atoms with Gasteiger partial charge in [0, 0.05) is 24.9 Å². The molecule has 0 heterocycles. The molecule has 0 aliphatic rings. The number of aryl methyl sites for hydroxylation is 1. The number of rotatable bonds is 9. The van der Waals surface area contributed by atoms with Gasteiger partial charge in [0.25, 0.3) is 5.91 Å². The molecule has 0 radical (unpaired) electrons. The van der Waals surface area contributed by atoms with Gasteiger partial charge >= 0.3 is 0 Å². The fourth-order valence-corrected chi connectivity index (χ4v) is 2.26. The fraction of sp³-hybridized carbons (Fsp3) is 0.474. The molecule has 0 aliphatic carbocycles. The number of hydrogen-bond acceptors (Lipinski definition) is 5. The van der Waals surface area contributed by atoms with Crippen molar-refractivity contribution in [3.63, 3.8) is 0 Å². The summed E-state index contributed by atoms with van der Waals surface area (Å²) in [4.78, 5) is 14.4. The van der Waals surface area contributed by atoms with Gasteiger partial charge in [-0.15, -0.1) is 0 Å². The summed E-state index contributed by atoms with van der Waals surface area (Å²) in [5.41, 5.74) is 2.03. The second kappa shape index (κ2) is 10.4. The van der Waals surface area contributed by atoms with Gasteiger partial charge in [-0.05, 0) is 40.9 Å². The van der Waals surface area contributed by atoms with Gasteiger partial charge in [0.15, 0.2) is 0 Å². The first kappa shape index (κ1) is 20.5. The lowest BCUT2D eigenvalue weighted by Gasteiger charge is -2.18. The summed E-state index contributed by atoms with van der Waals surface area (Å²) in [6, 6.07) is 7.53. The standard InChI is InChI=1S/C19H28N4O2/c1-6-25-18-8-7-14(2)11-17(18)15(3)22-19(24)16(12-20)13-21-9-10-23(4)5/h7-8,11,13,15,21H,6,9-10H2,1-5H3,(H,22,24)/b16-13-.